The normalized spacial score (nSPS) is 11.8. The van der Waals surface area contributed by atoms with Gasteiger partial charge in [0.2, 0.25) is 0 Å². The quantitative estimate of drug-likeness (QED) is 0.629. The Labute approximate surface area is 149 Å². The van der Waals surface area contributed by atoms with Crippen molar-refractivity contribution in [1.29, 1.82) is 0 Å². The highest BCUT2D eigenvalue weighted by molar-refractivity contribution is 5.99. The van der Waals surface area contributed by atoms with E-state index < -0.39 is 23.7 Å². The zero-order valence-corrected chi connectivity index (χ0v) is 14.3. The van der Waals surface area contributed by atoms with Gasteiger partial charge in [-0.3, -0.25) is 20.4 Å². The Morgan fingerprint density at radius 3 is 2.65 bits per heavy atom. The lowest BCUT2D eigenvalue weighted by Gasteiger charge is -2.15. The van der Waals surface area contributed by atoms with E-state index >= 15 is 0 Å². The van der Waals surface area contributed by atoms with Gasteiger partial charge in [-0.15, -0.1) is 0 Å². The first-order valence-electron chi connectivity index (χ1n) is 8.05. The number of halogens is 1. The van der Waals surface area contributed by atoms with Crippen LogP contribution in [0.25, 0.3) is 10.9 Å². The fraction of sp³-hybridized carbons (Fsp3) is 0.158. The van der Waals surface area contributed by atoms with Crippen molar-refractivity contribution in [3.05, 3.63) is 65.6 Å². The number of aromatic amines is 1. The van der Waals surface area contributed by atoms with Crippen LogP contribution in [0.2, 0.25) is 0 Å². The van der Waals surface area contributed by atoms with E-state index in [1.165, 1.54) is 25.1 Å². The van der Waals surface area contributed by atoms with Crippen molar-refractivity contribution in [2.24, 2.45) is 0 Å². The van der Waals surface area contributed by atoms with Crippen LogP contribution in [-0.2, 0) is 4.79 Å². The van der Waals surface area contributed by atoms with Gasteiger partial charge in [-0.25, -0.2) is 4.39 Å². The molecule has 1 atom stereocenters. The van der Waals surface area contributed by atoms with Crippen LogP contribution in [0.1, 0.15) is 23.0 Å². The Kier molecular flexibility index (Phi) is 4.88. The highest BCUT2D eigenvalue weighted by Crippen LogP contribution is 2.18. The summed E-state index contributed by atoms with van der Waals surface area (Å²) in [6.07, 6.45) is -0.988. The Morgan fingerprint density at radius 2 is 1.88 bits per heavy atom. The van der Waals surface area contributed by atoms with Gasteiger partial charge in [0.25, 0.3) is 11.8 Å². The van der Waals surface area contributed by atoms with Crippen LogP contribution in [0.15, 0.2) is 48.5 Å². The minimum absolute atomic E-state index is 0.0348. The Bertz CT molecular complexity index is 968. The molecule has 0 spiro atoms. The van der Waals surface area contributed by atoms with E-state index in [0.29, 0.717) is 5.69 Å². The SMILES string of the molecule is Cc1ccc2cc(C(=O)NNC(=O)C(C)Oc3ccccc3F)[nH]c2c1. The van der Waals surface area contributed by atoms with Gasteiger partial charge < -0.3 is 9.72 Å². The molecule has 0 fully saturated rings. The number of ether oxygens (including phenoxy) is 1. The summed E-state index contributed by atoms with van der Waals surface area (Å²) >= 11 is 0. The summed E-state index contributed by atoms with van der Waals surface area (Å²) in [4.78, 5) is 27.2. The summed E-state index contributed by atoms with van der Waals surface area (Å²) in [6.45, 7) is 3.41. The Hall–Kier alpha value is -3.35. The maximum Gasteiger partial charge on any atom is 0.286 e. The number of nitrogens with one attached hydrogen (secondary N) is 3. The van der Waals surface area contributed by atoms with Gasteiger partial charge >= 0.3 is 0 Å². The second-order valence-corrected chi connectivity index (χ2v) is 5.91. The average Bonchev–Trinajstić information content (AvgIpc) is 3.04. The van der Waals surface area contributed by atoms with Gasteiger partial charge in [0, 0.05) is 10.9 Å². The van der Waals surface area contributed by atoms with E-state index in [1.807, 2.05) is 25.1 Å². The second-order valence-electron chi connectivity index (χ2n) is 5.91. The average molecular weight is 355 g/mol. The lowest BCUT2D eigenvalue weighted by atomic mass is 10.2. The molecule has 1 aromatic heterocycles. The summed E-state index contributed by atoms with van der Waals surface area (Å²) in [5.74, 6) is -1.70. The zero-order chi connectivity index (χ0) is 18.7. The fourth-order valence-electron chi connectivity index (χ4n) is 2.43. The van der Waals surface area contributed by atoms with Gasteiger partial charge in [0.05, 0.1) is 0 Å². The Morgan fingerprint density at radius 1 is 1.12 bits per heavy atom. The number of aryl methyl sites for hydroxylation is 1. The minimum Gasteiger partial charge on any atom is -0.478 e. The number of hydrazine groups is 1. The lowest BCUT2D eigenvalue weighted by Crippen LogP contribution is -2.47. The topological polar surface area (TPSA) is 83.2 Å². The van der Waals surface area contributed by atoms with Crippen molar-refractivity contribution in [1.82, 2.24) is 15.8 Å². The van der Waals surface area contributed by atoms with Gasteiger partial charge in [0.15, 0.2) is 17.7 Å². The molecule has 1 heterocycles. The van der Waals surface area contributed by atoms with Crippen molar-refractivity contribution in [3.8, 4) is 5.75 Å². The third kappa shape index (κ3) is 3.83. The van der Waals surface area contributed by atoms with E-state index in [4.69, 9.17) is 4.74 Å². The Balaban J connectivity index is 1.59. The molecule has 0 aliphatic carbocycles. The standard InChI is InChI=1S/C19H18FN3O3/c1-11-7-8-13-10-16(21-15(13)9-11)19(25)23-22-18(24)12(2)26-17-6-4-3-5-14(17)20/h3-10,12,21H,1-2H3,(H,22,24)(H,23,25). The number of carbonyl (C=O) groups excluding carboxylic acids is 2. The number of fused-ring (bicyclic) bond motifs is 1. The molecule has 3 rings (SSSR count). The summed E-state index contributed by atoms with van der Waals surface area (Å²) < 4.78 is 18.8. The molecule has 3 aromatic rings. The molecule has 2 amide bonds. The number of benzene rings is 2. The largest absolute Gasteiger partial charge is 0.478 e. The maximum atomic E-state index is 13.5. The van der Waals surface area contributed by atoms with Gasteiger partial charge in [-0.1, -0.05) is 24.3 Å². The summed E-state index contributed by atoms with van der Waals surface area (Å²) in [6, 6.07) is 13.2. The van der Waals surface area contributed by atoms with Crippen LogP contribution in [-0.4, -0.2) is 22.9 Å². The molecular formula is C19H18FN3O3. The number of H-pyrrole nitrogens is 1. The van der Waals surface area contributed by atoms with E-state index in [9.17, 15) is 14.0 Å². The van der Waals surface area contributed by atoms with Crippen molar-refractivity contribution >= 4 is 22.7 Å². The molecule has 0 bridgehead atoms. The number of hydrogen-bond donors (Lipinski definition) is 3. The summed E-state index contributed by atoms with van der Waals surface area (Å²) in [5.41, 5.74) is 6.80. The molecule has 0 aliphatic rings. The van der Waals surface area contributed by atoms with E-state index in [0.717, 1.165) is 16.5 Å². The van der Waals surface area contributed by atoms with Crippen molar-refractivity contribution in [2.75, 3.05) is 0 Å². The number of amides is 2. The molecule has 7 heteroatoms. The first kappa shape index (κ1) is 17.5. The number of carbonyl (C=O) groups is 2. The molecule has 1 unspecified atom stereocenters. The molecule has 0 aliphatic heterocycles. The first-order chi connectivity index (χ1) is 12.4. The van der Waals surface area contributed by atoms with Crippen LogP contribution in [0.3, 0.4) is 0 Å². The summed E-state index contributed by atoms with van der Waals surface area (Å²) in [5, 5.41) is 0.892. The maximum absolute atomic E-state index is 13.5. The van der Waals surface area contributed by atoms with Crippen LogP contribution < -0.4 is 15.6 Å². The van der Waals surface area contributed by atoms with Crippen LogP contribution >= 0.6 is 0 Å². The molecule has 3 N–H and O–H groups in total. The lowest BCUT2D eigenvalue weighted by molar-refractivity contribution is -0.128. The highest BCUT2D eigenvalue weighted by atomic mass is 19.1. The van der Waals surface area contributed by atoms with E-state index in [1.54, 1.807) is 12.1 Å². The van der Waals surface area contributed by atoms with Gasteiger partial charge in [-0.2, -0.15) is 0 Å². The number of aromatic nitrogens is 1. The molecule has 134 valence electrons. The molecule has 0 radical (unpaired) electrons. The van der Waals surface area contributed by atoms with E-state index in [-0.39, 0.29) is 5.75 Å². The highest BCUT2D eigenvalue weighted by Gasteiger charge is 2.18. The third-order valence-electron chi connectivity index (χ3n) is 3.83. The fourth-order valence-corrected chi connectivity index (χ4v) is 2.43. The van der Waals surface area contributed by atoms with Crippen molar-refractivity contribution in [3.63, 3.8) is 0 Å². The monoisotopic (exact) mass is 355 g/mol. The minimum atomic E-state index is -0.988. The third-order valence-corrected chi connectivity index (χ3v) is 3.83. The second kappa shape index (κ2) is 7.26. The molecular weight excluding hydrogens is 337 g/mol. The van der Waals surface area contributed by atoms with Crippen molar-refractivity contribution in [2.45, 2.75) is 20.0 Å². The van der Waals surface area contributed by atoms with Gasteiger partial charge in [0.1, 0.15) is 5.69 Å². The molecule has 0 saturated carbocycles. The molecule has 26 heavy (non-hydrogen) atoms. The smallest absolute Gasteiger partial charge is 0.286 e. The molecule has 0 saturated heterocycles. The van der Waals surface area contributed by atoms with Crippen LogP contribution in [0.5, 0.6) is 5.75 Å². The summed E-state index contributed by atoms with van der Waals surface area (Å²) in [7, 11) is 0. The van der Waals surface area contributed by atoms with Crippen LogP contribution in [0.4, 0.5) is 4.39 Å². The number of rotatable bonds is 4. The number of hydrogen-bond acceptors (Lipinski definition) is 3. The molecule has 2 aromatic carbocycles. The first-order valence-corrected chi connectivity index (χ1v) is 8.05. The zero-order valence-electron chi connectivity index (χ0n) is 14.3. The van der Waals surface area contributed by atoms with E-state index in [2.05, 4.69) is 15.8 Å². The predicted octanol–water partition coefficient (Wildman–Crippen LogP) is 2.84. The predicted molar refractivity (Wildman–Crippen MR) is 95.1 cm³/mol. The molecule has 6 nitrogen and oxygen atoms in total. The van der Waals surface area contributed by atoms with Gasteiger partial charge in [-0.05, 0) is 43.7 Å². The van der Waals surface area contributed by atoms with Crippen molar-refractivity contribution < 1.29 is 18.7 Å². The number of para-hydroxylation sites is 1. The van der Waals surface area contributed by atoms with Crippen LogP contribution in [0, 0.1) is 12.7 Å².